The molecule has 10 aromatic carbocycles. The van der Waals surface area contributed by atoms with Crippen LogP contribution in [0.2, 0.25) is 0 Å². The monoisotopic (exact) mass is 695 g/mol. The molecule has 0 fully saturated rings. The van der Waals surface area contributed by atoms with Crippen molar-refractivity contribution in [2.45, 2.75) is 0 Å². The number of pyridine rings is 1. The first-order chi connectivity index (χ1) is 27.2. The Balaban J connectivity index is 1.06. The third-order valence-corrected chi connectivity index (χ3v) is 11.8. The van der Waals surface area contributed by atoms with Gasteiger partial charge in [0.05, 0.1) is 28.2 Å². The average molecular weight is 696 g/mol. The van der Waals surface area contributed by atoms with Crippen LogP contribution in [0.4, 0.5) is 0 Å². The van der Waals surface area contributed by atoms with Gasteiger partial charge in [-0.25, -0.2) is 0 Å². The number of rotatable bonds is 4. The molecule has 0 aliphatic rings. The molecule has 2 aromatic heterocycles. The van der Waals surface area contributed by atoms with Gasteiger partial charge >= 0.3 is 0 Å². The van der Waals surface area contributed by atoms with Gasteiger partial charge in [0.25, 0.3) is 0 Å². The zero-order valence-electron chi connectivity index (χ0n) is 29.6. The number of fused-ring (bicyclic) bond motifs is 1. The van der Waals surface area contributed by atoms with Crippen LogP contribution >= 0.6 is 0 Å². The maximum atomic E-state index is 10.1. The van der Waals surface area contributed by atoms with Crippen molar-refractivity contribution in [1.82, 2.24) is 9.55 Å². The van der Waals surface area contributed by atoms with Gasteiger partial charge in [-0.05, 0) is 102 Å². The topological polar surface area (TPSA) is 41.6 Å². The minimum absolute atomic E-state index is 0.700. The summed E-state index contributed by atoms with van der Waals surface area (Å²) >= 11 is 0. The lowest BCUT2D eigenvalue weighted by Crippen LogP contribution is -1.93. The Bertz CT molecular complexity index is 3530. The second-order valence-electron chi connectivity index (χ2n) is 14.6. The zero-order chi connectivity index (χ0) is 36.2. The second-order valence-corrected chi connectivity index (χ2v) is 14.6. The lowest BCUT2D eigenvalue weighted by molar-refractivity contribution is 1.18. The van der Waals surface area contributed by atoms with Gasteiger partial charge in [-0.2, -0.15) is 5.26 Å². The fraction of sp³-hybridized carbons (Fsp3) is 0. The number of para-hydroxylation sites is 2. The van der Waals surface area contributed by atoms with E-state index in [1.54, 1.807) is 0 Å². The van der Waals surface area contributed by atoms with E-state index in [2.05, 4.69) is 168 Å². The van der Waals surface area contributed by atoms with Gasteiger partial charge in [0.15, 0.2) is 0 Å². The number of hydrogen-bond acceptors (Lipinski definition) is 2. The van der Waals surface area contributed by atoms with Crippen molar-refractivity contribution in [2.24, 2.45) is 0 Å². The van der Waals surface area contributed by atoms with Gasteiger partial charge in [0.1, 0.15) is 0 Å². The predicted molar refractivity (Wildman–Crippen MR) is 230 cm³/mol. The molecule has 2 heterocycles. The number of nitriles is 1. The summed E-state index contributed by atoms with van der Waals surface area (Å²) in [6, 6.07) is 63.7. The molecule has 252 valence electrons. The predicted octanol–water partition coefficient (Wildman–Crippen LogP) is 13.7. The Hall–Kier alpha value is -7.54. The van der Waals surface area contributed by atoms with Crippen molar-refractivity contribution < 1.29 is 0 Å². The standard InChI is InChI=1S/C52H29N3/c53-30-36-19-27-46-50-39(36)24-25-45-42(26-28-47(51(45)50)55(46)37-8-2-1-3-9-37)41-21-16-34-17-22-43-38(20-15-33-18-23-44(41)49(34)48(33)43)31-11-13-32(14-12-31)40-10-4-6-35-7-5-29-54-52(35)40/h1-29H. The fourth-order valence-electron chi connectivity index (χ4n) is 9.40. The normalized spacial score (nSPS) is 12.0. The van der Waals surface area contributed by atoms with E-state index in [1.165, 1.54) is 65.3 Å². The summed E-state index contributed by atoms with van der Waals surface area (Å²) in [4.78, 5) is 4.70. The Labute approximate surface area is 316 Å². The molecule has 12 aromatic rings. The fourth-order valence-corrected chi connectivity index (χ4v) is 9.40. The van der Waals surface area contributed by atoms with Gasteiger partial charge < -0.3 is 4.57 Å². The van der Waals surface area contributed by atoms with Crippen LogP contribution in [-0.4, -0.2) is 9.55 Å². The molecule has 0 saturated heterocycles. The lowest BCUT2D eigenvalue weighted by atomic mass is 9.86. The van der Waals surface area contributed by atoms with Crippen molar-refractivity contribution in [3.63, 3.8) is 0 Å². The van der Waals surface area contributed by atoms with Gasteiger partial charge in [0, 0.05) is 39.0 Å². The number of aromatic nitrogens is 2. The molecule has 0 unspecified atom stereocenters. The van der Waals surface area contributed by atoms with Crippen LogP contribution < -0.4 is 0 Å². The molecule has 0 bridgehead atoms. The lowest BCUT2D eigenvalue weighted by Gasteiger charge is -2.18. The zero-order valence-corrected chi connectivity index (χ0v) is 29.6. The van der Waals surface area contributed by atoms with E-state index in [0.717, 1.165) is 49.5 Å². The Morgan fingerprint density at radius 2 is 0.964 bits per heavy atom. The van der Waals surface area contributed by atoms with Gasteiger partial charge in [-0.1, -0.05) is 133 Å². The summed E-state index contributed by atoms with van der Waals surface area (Å²) in [6.45, 7) is 0. The largest absolute Gasteiger partial charge is 0.309 e. The molecule has 12 rings (SSSR count). The maximum Gasteiger partial charge on any atom is 0.0998 e. The highest BCUT2D eigenvalue weighted by atomic mass is 15.0. The SMILES string of the molecule is N#Cc1ccc2c3c1ccc1c(-c4ccc5ccc6c(-c7ccc(-c8cccc9cccnc89)cc7)ccc7ccc4c5c76)ccc(c13)n2-c1ccccc1. The minimum atomic E-state index is 0.700. The van der Waals surface area contributed by atoms with Crippen LogP contribution in [0.3, 0.4) is 0 Å². The maximum absolute atomic E-state index is 10.1. The first-order valence-corrected chi connectivity index (χ1v) is 18.7. The molecule has 0 radical (unpaired) electrons. The second kappa shape index (κ2) is 11.2. The molecule has 55 heavy (non-hydrogen) atoms. The van der Waals surface area contributed by atoms with E-state index in [4.69, 9.17) is 4.98 Å². The summed E-state index contributed by atoms with van der Waals surface area (Å²) < 4.78 is 2.34. The molecule has 0 N–H and O–H groups in total. The average Bonchev–Trinajstić information content (AvgIpc) is 3.60. The molecule has 0 amide bonds. The van der Waals surface area contributed by atoms with E-state index < -0.39 is 0 Å². The van der Waals surface area contributed by atoms with Crippen molar-refractivity contribution >= 4 is 75.8 Å². The quantitative estimate of drug-likeness (QED) is 0.172. The summed E-state index contributed by atoms with van der Waals surface area (Å²) in [5, 5.41) is 23.3. The van der Waals surface area contributed by atoms with Crippen LogP contribution in [0.1, 0.15) is 5.56 Å². The minimum Gasteiger partial charge on any atom is -0.309 e. The molecule has 0 atom stereocenters. The van der Waals surface area contributed by atoms with Gasteiger partial charge in [-0.15, -0.1) is 0 Å². The van der Waals surface area contributed by atoms with E-state index in [-0.39, 0.29) is 0 Å². The smallest absolute Gasteiger partial charge is 0.0998 e. The van der Waals surface area contributed by atoms with Crippen molar-refractivity contribution in [1.29, 1.82) is 5.26 Å². The van der Waals surface area contributed by atoms with Crippen LogP contribution in [-0.2, 0) is 0 Å². The Morgan fingerprint density at radius 1 is 0.400 bits per heavy atom. The van der Waals surface area contributed by atoms with E-state index >= 15 is 0 Å². The Morgan fingerprint density at radius 3 is 1.71 bits per heavy atom. The summed E-state index contributed by atoms with van der Waals surface area (Å²) in [7, 11) is 0. The van der Waals surface area contributed by atoms with Gasteiger partial charge in [0.2, 0.25) is 0 Å². The van der Waals surface area contributed by atoms with Crippen LogP contribution in [0.5, 0.6) is 0 Å². The third-order valence-electron chi connectivity index (χ3n) is 11.8. The molecular weight excluding hydrogens is 667 g/mol. The molecule has 3 heteroatoms. The first-order valence-electron chi connectivity index (χ1n) is 18.7. The summed E-state index contributed by atoms with van der Waals surface area (Å²) in [6.07, 6.45) is 1.87. The van der Waals surface area contributed by atoms with Crippen LogP contribution in [0.25, 0.3) is 115 Å². The molecular formula is C52H29N3. The molecule has 0 spiro atoms. The van der Waals surface area contributed by atoms with Gasteiger partial charge in [-0.3, -0.25) is 4.98 Å². The van der Waals surface area contributed by atoms with E-state index in [1.807, 2.05) is 18.3 Å². The first kappa shape index (κ1) is 30.0. The van der Waals surface area contributed by atoms with E-state index in [0.29, 0.717) is 5.56 Å². The number of nitrogens with zero attached hydrogens (tertiary/aromatic N) is 3. The number of hydrogen-bond donors (Lipinski definition) is 0. The highest BCUT2D eigenvalue weighted by molar-refractivity contribution is 6.31. The van der Waals surface area contributed by atoms with Crippen molar-refractivity contribution in [3.05, 3.63) is 182 Å². The summed E-state index contributed by atoms with van der Waals surface area (Å²) in [5.41, 5.74) is 12.2. The van der Waals surface area contributed by atoms with Crippen LogP contribution in [0, 0.1) is 11.3 Å². The molecule has 3 nitrogen and oxygen atoms in total. The van der Waals surface area contributed by atoms with E-state index in [9.17, 15) is 5.26 Å². The van der Waals surface area contributed by atoms with Crippen LogP contribution in [0.15, 0.2) is 176 Å². The summed E-state index contributed by atoms with van der Waals surface area (Å²) in [5.74, 6) is 0. The van der Waals surface area contributed by atoms with Crippen molar-refractivity contribution in [3.8, 4) is 45.1 Å². The van der Waals surface area contributed by atoms with Crippen molar-refractivity contribution in [2.75, 3.05) is 0 Å². The molecule has 0 aliphatic carbocycles. The molecule has 0 saturated carbocycles. The highest BCUT2D eigenvalue weighted by Crippen LogP contribution is 2.47. The third kappa shape index (κ3) is 4.17. The molecule has 0 aliphatic heterocycles. The number of benzene rings is 10. The Kier molecular flexibility index (Phi) is 6.12. The highest BCUT2D eigenvalue weighted by Gasteiger charge is 2.22.